The maximum Gasteiger partial charge on any atom is 0.343 e. The van der Waals surface area contributed by atoms with E-state index in [1.54, 1.807) is 48.5 Å². The molecule has 3 rings (SSSR count). The summed E-state index contributed by atoms with van der Waals surface area (Å²) in [6.45, 7) is 7.81. The van der Waals surface area contributed by atoms with Gasteiger partial charge in [0, 0.05) is 12.2 Å². The number of benzene rings is 3. The Balaban J connectivity index is 1.33. The highest BCUT2D eigenvalue weighted by molar-refractivity contribution is 5.91. The van der Waals surface area contributed by atoms with Crippen LogP contribution in [0.5, 0.6) is 23.0 Å². The Morgan fingerprint density at radius 2 is 1.10 bits per heavy atom. The first-order chi connectivity index (χ1) is 20.5. The smallest absolute Gasteiger partial charge is 0.343 e. The molecule has 0 radical (unpaired) electrons. The normalized spacial score (nSPS) is 10.2. The largest absolute Gasteiger partial charge is 0.494 e. The van der Waals surface area contributed by atoms with E-state index in [4.69, 9.17) is 28.4 Å². The number of esters is 3. The van der Waals surface area contributed by atoms with Gasteiger partial charge in [0.05, 0.1) is 18.8 Å². The van der Waals surface area contributed by atoms with E-state index in [2.05, 4.69) is 13.2 Å². The van der Waals surface area contributed by atoms with E-state index in [0.29, 0.717) is 42.6 Å². The van der Waals surface area contributed by atoms with Crippen LogP contribution in [0, 0.1) is 0 Å². The van der Waals surface area contributed by atoms with Gasteiger partial charge in [-0.05, 0) is 91.9 Å². The summed E-state index contributed by atoms with van der Waals surface area (Å²) < 4.78 is 32.0. The number of carbonyl (C=O) groups excluding carboxylic acids is 3. The summed E-state index contributed by atoms with van der Waals surface area (Å²) in [5, 5.41) is 0. The Hall–Kier alpha value is -5.05. The standard InChI is InChI=1S/C33H34O9/c1-3-31(34)38-22-8-6-5-7-21-37-27-13-9-25(10-14-27)23-39-28-17-19-30(20-18-28)42-33(36)26-11-15-29(16-12-26)40-24-41-32(35)4-2/h3-4,9-20H,1-2,5-8,21-24H2. The number of hydrogen-bond acceptors (Lipinski definition) is 9. The van der Waals surface area contributed by atoms with E-state index in [1.807, 2.05) is 24.3 Å². The maximum atomic E-state index is 12.5. The van der Waals surface area contributed by atoms with Crippen LogP contribution in [0.3, 0.4) is 0 Å². The lowest BCUT2D eigenvalue weighted by Gasteiger charge is -2.10. The molecule has 0 amide bonds. The molecule has 0 bridgehead atoms. The Kier molecular flexibility index (Phi) is 13.2. The van der Waals surface area contributed by atoms with E-state index in [9.17, 15) is 14.4 Å². The van der Waals surface area contributed by atoms with E-state index in [0.717, 1.165) is 43.1 Å². The summed E-state index contributed by atoms with van der Waals surface area (Å²) in [5.41, 5.74) is 1.32. The maximum absolute atomic E-state index is 12.5. The van der Waals surface area contributed by atoms with Crippen molar-refractivity contribution in [1.29, 1.82) is 0 Å². The molecule has 0 aliphatic rings. The van der Waals surface area contributed by atoms with Crippen molar-refractivity contribution in [3.8, 4) is 23.0 Å². The van der Waals surface area contributed by atoms with Crippen molar-refractivity contribution in [2.45, 2.75) is 32.3 Å². The van der Waals surface area contributed by atoms with Crippen molar-refractivity contribution < 1.29 is 42.8 Å². The van der Waals surface area contributed by atoms with Gasteiger partial charge in [0.25, 0.3) is 0 Å². The van der Waals surface area contributed by atoms with Gasteiger partial charge in [-0.25, -0.2) is 14.4 Å². The topological polar surface area (TPSA) is 107 Å². The highest BCUT2D eigenvalue weighted by atomic mass is 16.7. The van der Waals surface area contributed by atoms with Gasteiger partial charge in [-0.2, -0.15) is 0 Å². The van der Waals surface area contributed by atoms with Gasteiger partial charge < -0.3 is 28.4 Å². The summed E-state index contributed by atoms with van der Waals surface area (Å²) in [7, 11) is 0. The van der Waals surface area contributed by atoms with Crippen LogP contribution < -0.4 is 18.9 Å². The molecule has 0 saturated heterocycles. The van der Waals surface area contributed by atoms with Crippen molar-refractivity contribution in [2.75, 3.05) is 20.0 Å². The molecule has 0 aliphatic heterocycles. The minimum atomic E-state index is -0.589. The zero-order chi connectivity index (χ0) is 30.0. The number of ether oxygens (including phenoxy) is 6. The highest BCUT2D eigenvalue weighted by Gasteiger charge is 2.10. The summed E-state index contributed by atoms with van der Waals surface area (Å²) in [5.74, 6) is 0.733. The highest BCUT2D eigenvalue weighted by Crippen LogP contribution is 2.21. The van der Waals surface area contributed by atoms with Crippen LogP contribution in [-0.2, 0) is 25.7 Å². The lowest BCUT2D eigenvalue weighted by atomic mass is 10.2. The fraction of sp³-hybridized carbons (Fsp3) is 0.242. The Morgan fingerprint density at radius 3 is 1.76 bits per heavy atom. The van der Waals surface area contributed by atoms with Crippen LogP contribution in [0.15, 0.2) is 98.1 Å². The molecule has 220 valence electrons. The van der Waals surface area contributed by atoms with E-state index >= 15 is 0 Å². The fourth-order valence-corrected chi connectivity index (χ4v) is 3.50. The van der Waals surface area contributed by atoms with Gasteiger partial charge >= 0.3 is 17.9 Å². The van der Waals surface area contributed by atoms with E-state index < -0.39 is 11.9 Å². The van der Waals surface area contributed by atoms with Crippen molar-refractivity contribution in [3.63, 3.8) is 0 Å². The molecule has 0 fully saturated rings. The molecule has 0 N–H and O–H groups in total. The van der Waals surface area contributed by atoms with Gasteiger partial charge in [-0.3, -0.25) is 0 Å². The molecule has 3 aromatic carbocycles. The van der Waals surface area contributed by atoms with Crippen molar-refractivity contribution in [2.24, 2.45) is 0 Å². The Labute approximate surface area is 245 Å². The van der Waals surface area contributed by atoms with Crippen LogP contribution in [-0.4, -0.2) is 37.9 Å². The van der Waals surface area contributed by atoms with Crippen molar-refractivity contribution in [1.82, 2.24) is 0 Å². The molecule has 9 nitrogen and oxygen atoms in total. The Bertz CT molecular complexity index is 1300. The third-order valence-electron chi connectivity index (χ3n) is 5.76. The fourth-order valence-electron chi connectivity index (χ4n) is 3.50. The van der Waals surface area contributed by atoms with E-state index in [-0.39, 0.29) is 12.8 Å². The summed E-state index contributed by atoms with van der Waals surface area (Å²) in [6.07, 6.45) is 5.92. The Morgan fingerprint density at radius 1 is 0.571 bits per heavy atom. The van der Waals surface area contributed by atoms with Crippen LogP contribution >= 0.6 is 0 Å². The summed E-state index contributed by atoms with van der Waals surface area (Å²) in [6, 6.07) is 20.7. The summed E-state index contributed by atoms with van der Waals surface area (Å²) >= 11 is 0. The molecular formula is C33H34O9. The zero-order valence-corrected chi connectivity index (χ0v) is 23.3. The zero-order valence-electron chi connectivity index (χ0n) is 23.3. The monoisotopic (exact) mass is 574 g/mol. The van der Waals surface area contributed by atoms with Crippen LogP contribution in [0.4, 0.5) is 0 Å². The minimum absolute atomic E-state index is 0.260. The average Bonchev–Trinajstić information content (AvgIpc) is 3.02. The SMILES string of the molecule is C=CC(=O)OCCCCCCOc1ccc(COc2ccc(OC(=O)c3ccc(OCOC(=O)C=C)cc3)cc2)cc1. The number of rotatable bonds is 18. The summed E-state index contributed by atoms with van der Waals surface area (Å²) in [4.78, 5) is 34.5. The van der Waals surface area contributed by atoms with Gasteiger partial charge in [-0.1, -0.05) is 25.3 Å². The third-order valence-corrected chi connectivity index (χ3v) is 5.76. The third kappa shape index (κ3) is 11.6. The van der Waals surface area contributed by atoms with Gasteiger partial charge in [-0.15, -0.1) is 0 Å². The second kappa shape index (κ2) is 17.6. The van der Waals surface area contributed by atoms with Crippen molar-refractivity contribution in [3.05, 3.63) is 109 Å². The molecule has 9 heteroatoms. The van der Waals surface area contributed by atoms with E-state index in [1.165, 1.54) is 6.08 Å². The quantitative estimate of drug-likeness (QED) is 0.0575. The molecule has 0 saturated carbocycles. The number of unbranched alkanes of at least 4 members (excludes halogenated alkanes) is 3. The predicted molar refractivity (Wildman–Crippen MR) is 156 cm³/mol. The molecule has 0 atom stereocenters. The van der Waals surface area contributed by atoms with Crippen LogP contribution in [0.25, 0.3) is 0 Å². The second-order valence-corrected chi connectivity index (χ2v) is 8.88. The van der Waals surface area contributed by atoms with Gasteiger partial charge in [0.15, 0.2) is 0 Å². The van der Waals surface area contributed by atoms with Crippen molar-refractivity contribution >= 4 is 17.9 Å². The first-order valence-electron chi connectivity index (χ1n) is 13.4. The molecule has 0 aromatic heterocycles. The molecule has 42 heavy (non-hydrogen) atoms. The molecular weight excluding hydrogens is 540 g/mol. The molecule has 0 unspecified atom stereocenters. The minimum Gasteiger partial charge on any atom is -0.494 e. The van der Waals surface area contributed by atoms with Crippen LogP contribution in [0.2, 0.25) is 0 Å². The van der Waals surface area contributed by atoms with Crippen LogP contribution in [0.1, 0.15) is 41.6 Å². The average molecular weight is 575 g/mol. The van der Waals surface area contributed by atoms with Gasteiger partial charge in [0.1, 0.15) is 29.6 Å². The molecule has 0 aliphatic carbocycles. The molecule has 0 heterocycles. The number of hydrogen-bond donors (Lipinski definition) is 0. The number of carbonyl (C=O) groups is 3. The lowest BCUT2D eigenvalue weighted by molar-refractivity contribution is -0.144. The second-order valence-electron chi connectivity index (χ2n) is 8.88. The first kappa shape index (κ1) is 31.5. The van der Waals surface area contributed by atoms with Gasteiger partial charge in [0.2, 0.25) is 6.79 Å². The molecule has 3 aromatic rings. The lowest BCUT2D eigenvalue weighted by Crippen LogP contribution is -2.09. The first-order valence-corrected chi connectivity index (χ1v) is 13.4. The molecule has 0 spiro atoms. The predicted octanol–water partition coefficient (Wildman–Crippen LogP) is 6.22.